The fraction of sp³-hybridized carbons (Fsp3) is 0.273. The van der Waals surface area contributed by atoms with E-state index in [4.69, 9.17) is 9.26 Å². The Hall–Kier alpha value is -3.08. The molecule has 0 saturated carbocycles. The molecule has 0 aliphatic carbocycles. The van der Waals surface area contributed by atoms with Gasteiger partial charge in [-0.1, -0.05) is 41.1 Å². The molecular formula is C22H24N2O3. The molecule has 0 unspecified atom stereocenters. The van der Waals surface area contributed by atoms with Crippen LogP contribution in [0.25, 0.3) is 11.3 Å². The first-order chi connectivity index (χ1) is 13.1. The normalized spacial score (nSPS) is 11.8. The molecule has 0 aliphatic rings. The molecule has 0 bridgehead atoms. The molecule has 0 saturated heterocycles. The zero-order chi connectivity index (χ0) is 19.2. The summed E-state index contributed by atoms with van der Waals surface area (Å²) in [5, 5.41) is 7.15. The molecule has 0 radical (unpaired) electrons. The summed E-state index contributed by atoms with van der Waals surface area (Å²) in [6, 6.07) is 15.7. The van der Waals surface area contributed by atoms with Gasteiger partial charge >= 0.3 is 0 Å². The molecule has 2 aromatic carbocycles. The first-order valence-corrected chi connectivity index (χ1v) is 9.00. The number of hydrogen-bond acceptors (Lipinski definition) is 4. The van der Waals surface area contributed by atoms with Crippen LogP contribution in [0.4, 0.5) is 0 Å². The van der Waals surface area contributed by atoms with Gasteiger partial charge in [0.1, 0.15) is 17.7 Å². The second-order valence-corrected chi connectivity index (χ2v) is 6.62. The predicted octanol–water partition coefficient (Wildman–Crippen LogP) is 4.47. The fourth-order valence-electron chi connectivity index (χ4n) is 3.00. The van der Waals surface area contributed by atoms with E-state index in [-0.39, 0.29) is 11.9 Å². The van der Waals surface area contributed by atoms with Crippen LogP contribution in [-0.4, -0.2) is 18.2 Å². The largest absolute Gasteiger partial charge is 0.497 e. The predicted molar refractivity (Wildman–Crippen MR) is 105 cm³/mol. The average Bonchev–Trinajstić information content (AvgIpc) is 3.15. The lowest BCUT2D eigenvalue weighted by atomic mass is 10.0. The minimum atomic E-state index is -0.0675. The van der Waals surface area contributed by atoms with Gasteiger partial charge in [0.15, 0.2) is 0 Å². The minimum Gasteiger partial charge on any atom is -0.497 e. The van der Waals surface area contributed by atoms with Crippen molar-refractivity contribution >= 4 is 5.91 Å². The number of methoxy groups -OCH3 is 1. The zero-order valence-electron chi connectivity index (χ0n) is 15.9. The average molecular weight is 364 g/mol. The van der Waals surface area contributed by atoms with E-state index >= 15 is 0 Å². The van der Waals surface area contributed by atoms with Gasteiger partial charge in [-0.2, -0.15) is 0 Å². The summed E-state index contributed by atoms with van der Waals surface area (Å²) in [6.07, 6.45) is 2.58. The van der Waals surface area contributed by atoms with Crippen LogP contribution in [0.5, 0.6) is 5.75 Å². The van der Waals surface area contributed by atoms with Crippen LogP contribution in [0.1, 0.15) is 36.1 Å². The summed E-state index contributed by atoms with van der Waals surface area (Å²) in [5.41, 5.74) is 4.94. The van der Waals surface area contributed by atoms with Crippen molar-refractivity contribution in [3.8, 4) is 17.0 Å². The molecule has 27 heavy (non-hydrogen) atoms. The van der Waals surface area contributed by atoms with E-state index in [1.165, 1.54) is 0 Å². The molecule has 0 spiro atoms. The Morgan fingerprint density at radius 3 is 2.70 bits per heavy atom. The topological polar surface area (TPSA) is 64.4 Å². The van der Waals surface area contributed by atoms with Crippen molar-refractivity contribution in [1.29, 1.82) is 0 Å². The summed E-state index contributed by atoms with van der Waals surface area (Å²) in [7, 11) is 1.63. The number of benzene rings is 2. The van der Waals surface area contributed by atoms with E-state index in [1.54, 1.807) is 13.4 Å². The van der Waals surface area contributed by atoms with Gasteiger partial charge in [-0.05, 0) is 44.0 Å². The smallest absolute Gasteiger partial charge is 0.220 e. The van der Waals surface area contributed by atoms with Crippen LogP contribution in [-0.2, 0) is 11.2 Å². The van der Waals surface area contributed by atoms with Crippen LogP contribution in [0.3, 0.4) is 0 Å². The van der Waals surface area contributed by atoms with E-state index in [2.05, 4.69) is 16.5 Å². The highest BCUT2D eigenvalue weighted by atomic mass is 16.5. The quantitative estimate of drug-likeness (QED) is 0.672. The Bertz CT molecular complexity index is 900. The number of nitrogens with one attached hydrogen (secondary N) is 1. The molecule has 1 heterocycles. The van der Waals surface area contributed by atoms with Crippen LogP contribution in [0.15, 0.2) is 59.3 Å². The maximum absolute atomic E-state index is 12.4. The molecule has 0 fully saturated rings. The molecule has 1 aromatic heterocycles. The molecular weight excluding hydrogens is 340 g/mol. The Morgan fingerprint density at radius 2 is 2.00 bits per heavy atom. The number of aromatic nitrogens is 1. The lowest BCUT2D eigenvalue weighted by molar-refractivity contribution is -0.121. The minimum absolute atomic E-state index is 0.00490. The van der Waals surface area contributed by atoms with Gasteiger partial charge in [0.25, 0.3) is 0 Å². The van der Waals surface area contributed by atoms with Gasteiger partial charge in [0.2, 0.25) is 5.91 Å². The van der Waals surface area contributed by atoms with Gasteiger partial charge in [0.05, 0.1) is 13.2 Å². The van der Waals surface area contributed by atoms with Crippen molar-refractivity contribution in [3.63, 3.8) is 0 Å². The summed E-state index contributed by atoms with van der Waals surface area (Å²) in [6.45, 7) is 4.01. The number of amides is 1. The monoisotopic (exact) mass is 364 g/mol. The third-order valence-electron chi connectivity index (χ3n) is 4.55. The highest BCUT2D eigenvalue weighted by Crippen LogP contribution is 2.24. The molecule has 5 nitrogen and oxygen atoms in total. The Balaban J connectivity index is 1.59. The van der Waals surface area contributed by atoms with Crippen LogP contribution in [0, 0.1) is 6.92 Å². The second-order valence-electron chi connectivity index (χ2n) is 6.62. The van der Waals surface area contributed by atoms with Gasteiger partial charge in [0, 0.05) is 17.5 Å². The van der Waals surface area contributed by atoms with E-state index in [0.29, 0.717) is 12.8 Å². The first kappa shape index (κ1) is 18.7. The van der Waals surface area contributed by atoms with E-state index in [0.717, 1.165) is 33.7 Å². The summed E-state index contributed by atoms with van der Waals surface area (Å²) in [5.74, 6) is 0.795. The molecule has 1 N–H and O–H groups in total. The molecule has 3 rings (SSSR count). The summed E-state index contributed by atoms with van der Waals surface area (Å²) < 4.78 is 10.3. The van der Waals surface area contributed by atoms with E-state index < -0.39 is 0 Å². The van der Waals surface area contributed by atoms with Gasteiger partial charge in [-0.25, -0.2) is 0 Å². The van der Waals surface area contributed by atoms with Crippen molar-refractivity contribution in [2.24, 2.45) is 0 Å². The molecule has 1 atom stereocenters. The summed E-state index contributed by atoms with van der Waals surface area (Å²) >= 11 is 0. The van der Waals surface area contributed by atoms with Crippen molar-refractivity contribution in [3.05, 3.63) is 71.5 Å². The molecule has 5 heteroatoms. The molecule has 1 amide bonds. The van der Waals surface area contributed by atoms with E-state index in [9.17, 15) is 4.79 Å². The fourth-order valence-corrected chi connectivity index (χ4v) is 3.00. The number of hydrogen-bond donors (Lipinski definition) is 1. The highest BCUT2D eigenvalue weighted by Gasteiger charge is 2.14. The molecule has 3 aromatic rings. The van der Waals surface area contributed by atoms with Crippen molar-refractivity contribution in [2.45, 2.75) is 32.7 Å². The van der Waals surface area contributed by atoms with Crippen LogP contribution < -0.4 is 10.1 Å². The van der Waals surface area contributed by atoms with E-state index in [1.807, 2.05) is 56.3 Å². The second kappa shape index (κ2) is 8.54. The van der Waals surface area contributed by atoms with Crippen LogP contribution >= 0.6 is 0 Å². The zero-order valence-corrected chi connectivity index (χ0v) is 15.9. The molecule has 140 valence electrons. The Morgan fingerprint density at radius 1 is 1.22 bits per heavy atom. The number of rotatable bonds is 7. The van der Waals surface area contributed by atoms with Crippen molar-refractivity contribution in [1.82, 2.24) is 10.5 Å². The van der Waals surface area contributed by atoms with Gasteiger partial charge in [-0.15, -0.1) is 0 Å². The van der Waals surface area contributed by atoms with Gasteiger partial charge < -0.3 is 14.6 Å². The Labute approximate surface area is 159 Å². The van der Waals surface area contributed by atoms with Crippen molar-refractivity contribution < 1.29 is 14.1 Å². The first-order valence-electron chi connectivity index (χ1n) is 9.00. The van der Waals surface area contributed by atoms with Crippen LogP contribution in [0.2, 0.25) is 0 Å². The SMILES string of the molecule is COc1ccc([C@H](C)NC(=O)CCc2conc2-c2cccc(C)c2)cc1. The third kappa shape index (κ3) is 4.76. The van der Waals surface area contributed by atoms with Gasteiger partial charge in [-0.3, -0.25) is 4.79 Å². The lowest BCUT2D eigenvalue weighted by Crippen LogP contribution is -2.26. The number of carbonyl (C=O) groups excluding carboxylic acids is 1. The maximum Gasteiger partial charge on any atom is 0.220 e. The number of nitrogens with zero attached hydrogens (tertiary/aromatic N) is 1. The maximum atomic E-state index is 12.4. The third-order valence-corrected chi connectivity index (χ3v) is 4.55. The highest BCUT2D eigenvalue weighted by molar-refractivity contribution is 5.77. The van der Waals surface area contributed by atoms with Crippen molar-refractivity contribution in [2.75, 3.05) is 7.11 Å². The molecule has 0 aliphatic heterocycles. The Kier molecular flexibility index (Phi) is 5.91. The number of carbonyl (C=O) groups is 1. The lowest BCUT2D eigenvalue weighted by Gasteiger charge is -2.14. The number of ether oxygens (including phenoxy) is 1. The standard InChI is InChI=1S/C22H24N2O3/c1-15-5-4-6-18(13-15)22-19(14-27-24-22)9-12-21(25)23-16(2)17-7-10-20(26-3)11-8-17/h4-8,10-11,13-14,16H,9,12H2,1-3H3,(H,23,25)/t16-/m0/s1. The summed E-state index contributed by atoms with van der Waals surface area (Å²) in [4.78, 5) is 12.4. The number of aryl methyl sites for hydroxylation is 2.